The number of carbonyl (C=O) groups excluding carboxylic acids is 2. The molecule has 1 aliphatic heterocycles. The lowest BCUT2D eigenvalue weighted by atomic mass is 9.49. The average molecular weight is 539 g/mol. The minimum Gasteiger partial charge on any atom is -0.479 e. The molecule has 0 aromatic rings. The first-order valence-electron chi connectivity index (χ1n) is 14.2. The van der Waals surface area contributed by atoms with E-state index in [4.69, 9.17) is 14.2 Å². The standard InChI is InChI=1S/C28H42O10/c1-13(29)36-12-21(30)20-8-7-19-18-5-3-14-11-15(4-6-16(14)17(18)9-10-28(19,20)2)37-27-24(33)22(31)23(32)25(38-27)26(34)35/h14-20,22-25,27,31-33H,3-12H2,1-2H3,(H,34,35)/t14-,15-,16+,17-,18-,19+,20-,22+,23+,24-,25+,27?,28+/m1/s1. The fourth-order valence-corrected chi connectivity index (χ4v) is 9.09. The third kappa shape index (κ3) is 4.91. The van der Waals surface area contributed by atoms with Crippen molar-refractivity contribution in [2.24, 2.45) is 40.9 Å². The summed E-state index contributed by atoms with van der Waals surface area (Å²) in [5.74, 6) is 0.943. The third-order valence-electron chi connectivity index (χ3n) is 10.9. The van der Waals surface area contributed by atoms with Gasteiger partial charge in [-0.25, -0.2) is 4.79 Å². The Balaban J connectivity index is 1.20. The highest BCUT2D eigenvalue weighted by atomic mass is 16.7. The van der Waals surface area contributed by atoms with Crippen molar-refractivity contribution < 1.29 is 49.0 Å². The molecule has 5 fully saturated rings. The number of ether oxygens (including phenoxy) is 3. The Labute approximate surface area is 223 Å². The fourth-order valence-electron chi connectivity index (χ4n) is 9.09. The number of Topliss-reactive ketones (excluding diaryl/α,β-unsaturated/α-hetero) is 1. The van der Waals surface area contributed by atoms with Gasteiger partial charge in [0.25, 0.3) is 0 Å². The van der Waals surface area contributed by atoms with E-state index in [1.807, 2.05) is 0 Å². The fraction of sp³-hybridized carbons (Fsp3) is 0.893. The predicted octanol–water partition coefficient (Wildman–Crippen LogP) is 1.66. The van der Waals surface area contributed by atoms with E-state index in [0.717, 1.165) is 57.8 Å². The second kappa shape index (κ2) is 10.8. The highest BCUT2D eigenvalue weighted by Crippen LogP contribution is 2.64. The van der Waals surface area contributed by atoms with Gasteiger partial charge in [-0.05, 0) is 92.8 Å². The quantitative estimate of drug-likeness (QED) is 0.289. The molecule has 0 radical (unpaired) electrons. The molecule has 0 spiro atoms. The topological polar surface area (TPSA) is 160 Å². The maximum atomic E-state index is 12.9. The molecule has 214 valence electrons. The predicted molar refractivity (Wildman–Crippen MR) is 131 cm³/mol. The molecule has 0 aromatic heterocycles. The Kier molecular flexibility index (Phi) is 7.92. The number of carbonyl (C=O) groups is 3. The summed E-state index contributed by atoms with van der Waals surface area (Å²) in [5.41, 5.74) is -0.0356. The number of carboxylic acids is 1. The van der Waals surface area contributed by atoms with Gasteiger partial charge in [0, 0.05) is 12.8 Å². The molecule has 1 heterocycles. The normalized spacial score (nSPS) is 48.3. The first-order chi connectivity index (χ1) is 18.0. The number of fused-ring (bicyclic) bond motifs is 5. The summed E-state index contributed by atoms with van der Waals surface area (Å²) in [6.45, 7) is 3.49. The lowest BCUT2D eigenvalue weighted by Crippen LogP contribution is -2.61. The molecule has 0 bridgehead atoms. The zero-order chi connectivity index (χ0) is 27.4. The van der Waals surface area contributed by atoms with Crippen molar-refractivity contribution in [2.45, 2.75) is 108 Å². The van der Waals surface area contributed by atoms with Gasteiger partial charge in [-0.3, -0.25) is 9.59 Å². The van der Waals surface area contributed by atoms with Crippen molar-refractivity contribution in [1.29, 1.82) is 0 Å². The van der Waals surface area contributed by atoms with Gasteiger partial charge < -0.3 is 34.6 Å². The number of ketones is 1. The molecule has 13 atom stereocenters. The van der Waals surface area contributed by atoms with Crippen LogP contribution in [0.25, 0.3) is 0 Å². The molecule has 1 unspecified atom stereocenters. The van der Waals surface area contributed by atoms with E-state index in [1.165, 1.54) is 6.92 Å². The van der Waals surface area contributed by atoms with Crippen LogP contribution in [-0.2, 0) is 28.6 Å². The van der Waals surface area contributed by atoms with Crippen molar-refractivity contribution in [1.82, 2.24) is 0 Å². The minimum atomic E-state index is -1.72. The number of hydrogen-bond donors (Lipinski definition) is 4. The smallest absolute Gasteiger partial charge is 0.335 e. The second-order valence-electron chi connectivity index (χ2n) is 12.7. The van der Waals surface area contributed by atoms with E-state index in [-0.39, 0.29) is 29.8 Å². The van der Waals surface area contributed by atoms with Crippen LogP contribution in [0, 0.1) is 40.9 Å². The molecule has 10 heteroatoms. The maximum Gasteiger partial charge on any atom is 0.335 e. The first kappa shape index (κ1) is 28.0. The van der Waals surface area contributed by atoms with Crippen molar-refractivity contribution in [2.75, 3.05) is 6.61 Å². The summed E-state index contributed by atoms with van der Waals surface area (Å²) in [5, 5.41) is 39.7. The third-order valence-corrected chi connectivity index (χ3v) is 10.9. The number of rotatable bonds is 6. The SMILES string of the molecule is CC(=O)OCC(=O)[C@H]1CC[C@H]2[C@@H]3CC[C@@H]4C[C@H](OC5O[C@H](C(=O)O)[C@@H](O)[C@H](O)[C@H]5O)CC[C@@H]4[C@H]3CC[C@]12C. The zero-order valence-corrected chi connectivity index (χ0v) is 22.2. The molecular weight excluding hydrogens is 496 g/mol. The number of carboxylic acid groups (broad SMARTS) is 1. The number of aliphatic hydroxyl groups is 3. The second-order valence-corrected chi connectivity index (χ2v) is 12.7. The van der Waals surface area contributed by atoms with E-state index >= 15 is 0 Å². The van der Waals surface area contributed by atoms with E-state index in [0.29, 0.717) is 29.6 Å². The van der Waals surface area contributed by atoms with E-state index < -0.39 is 42.6 Å². The van der Waals surface area contributed by atoms with Gasteiger partial charge in [-0.15, -0.1) is 0 Å². The Morgan fingerprint density at radius 2 is 1.63 bits per heavy atom. The Morgan fingerprint density at radius 3 is 2.34 bits per heavy atom. The summed E-state index contributed by atoms with van der Waals surface area (Å²) in [6.07, 6.45) is 0.656. The highest BCUT2D eigenvalue weighted by molar-refractivity contribution is 5.85. The largest absolute Gasteiger partial charge is 0.479 e. The molecule has 10 nitrogen and oxygen atoms in total. The van der Waals surface area contributed by atoms with Crippen LogP contribution >= 0.6 is 0 Å². The van der Waals surface area contributed by atoms with Gasteiger partial charge >= 0.3 is 11.9 Å². The Morgan fingerprint density at radius 1 is 0.895 bits per heavy atom. The molecule has 5 aliphatic rings. The van der Waals surface area contributed by atoms with Crippen LogP contribution in [0.1, 0.15) is 71.6 Å². The van der Waals surface area contributed by atoms with Crippen LogP contribution < -0.4 is 0 Å². The summed E-state index contributed by atoms with van der Waals surface area (Å²) in [4.78, 5) is 35.6. The first-order valence-corrected chi connectivity index (χ1v) is 14.2. The van der Waals surface area contributed by atoms with Crippen LogP contribution in [0.5, 0.6) is 0 Å². The van der Waals surface area contributed by atoms with Crippen LogP contribution in [0.4, 0.5) is 0 Å². The summed E-state index contributed by atoms with van der Waals surface area (Å²) in [6, 6.07) is 0. The van der Waals surface area contributed by atoms with Crippen molar-refractivity contribution in [3.63, 3.8) is 0 Å². The van der Waals surface area contributed by atoms with Gasteiger partial charge in [-0.2, -0.15) is 0 Å². The zero-order valence-electron chi connectivity index (χ0n) is 22.2. The van der Waals surface area contributed by atoms with Crippen molar-refractivity contribution >= 4 is 17.7 Å². The van der Waals surface area contributed by atoms with Gasteiger partial charge in [0.1, 0.15) is 24.9 Å². The van der Waals surface area contributed by atoms with Crippen LogP contribution in [0.15, 0.2) is 0 Å². The monoisotopic (exact) mass is 538 g/mol. The van der Waals surface area contributed by atoms with Gasteiger partial charge in [0.15, 0.2) is 18.2 Å². The molecular formula is C28H42O10. The molecule has 0 amide bonds. The van der Waals surface area contributed by atoms with E-state index in [1.54, 1.807) is 0 Å². The van der Waals surface area contributed by atoms with Crippen LogP contribution in [0.3, 0.4) is 0 Å². The summed E-state index contributed by atoms with van der Waals surface area (Å²) in [7, 11) is 0. The highest BCUT2D eigenvalue weighted by Gasteiger charge is 2.58. The lowest BCUT2D eigenvalue weighted by molar-refractivity contribution is -0.308. The van der Waals surface area contributed by atoms with E-state index in [9.17, 15) is 34.8 Å². The molecule has 4 saturated carbocycles. The Bertz CT molecular complexity index is 923. The molecule has 1 saturated heterocycles. The lowest BCUT2D eigenvalue weighted by Gasteiger charge is -2.56. The summed E-state index contributed by atoms with van der Waals surface area (Å²) >= 11 is 0. The van der Waals surface area contributed by atoms with Crippen LogP contribution in [-0.4, -0.2) is 81.6 Å². The van der Waals surface area contributed by atoms with Crippen molar-refractivity contribution in [3.8, 4) is 0 Å². The number of esters is 1. The average Bonchev–Trinajstić information content (AvgIpc) is 3.24. The van der Waals surface area contributed by atoms with Gasteiger partial charge in [0.05, 0.1) is 6.10 Å². The molecule has 5 rings (SSSR count). The van der Waals surface area contributed by atoms with Gasteiger partial charge in [0.2, 0.25) is 0 Å². The maximum absolute atomic E-state index is 12.9. The molecule has 4 N–H and O–H groups in total. The van der Waals surface area contributed by atoms with Crippen LogP contribution in [0.2, 0.25) is 0 Å². The summed E-state index contributed by atoms with van der Waals surface area (Å²) < 4.78 is 16.4. The van der Waals surface area contributed by atoms with E-state index in [2.05, 4.69) is 6.92 Å². The van der Waals surface area contributed by atoms with Crippen molar-refractivity contribution in [3.05, 3.63) is 0 Å². The van der Waals surface area contributed by atoms with Gasteiger partial charge in [-0.1, -0.05) is 6.92 Å². The molecule has 38 heavy (non-hydrogen) atoms. The number of hydrogen-bond acceptors (Lipinski definition) is 9. The molecule has 0 aromatic carbocycles. The Hall–Kier alpha value is -1.59. The molecule has 4 aliphatic carbocycles. The minimum absolute atomic E-state index is 0.0356. The number of aliphatic hydroxyl groups excluding tert-OH is 3. The number of aliphatic carboxylic acids is 1.